The third-order valence-electron chi connectivity index (χ3n) is 3.87. The number of benzene rings is 1. The van der Waals surface area contributed by atoms with Crippen LogP contribution in [0.25, 0.3) is 10.9 Å². The molecule has 22 heavy (non-hydrogen) atoms. The number of para-hydroxylation sites is 1. The molecule has 0 bridgehead atoms. The molecular formula is C17H18N2O2S. The number of nitrogens with one attached hydrogen (secondary N) is 2. The van der Waals surface area contributed by atoms with E-state index in [-0.39, 0.29) is 0 Å². The van der Waals surface area contributed by atoms with Crippen LogP contribution >= 0.6 is 11.3 Å². The summed E-state index contributed by atoms with van der Waals surface area (Å²) < 4.78 is 0. The second kappa shape index (κ2) is 6.34. The fraction of sp³-hybridized carbons (Fsp3) is 0.235. The van der Waals surface area contributed by atoms with Crippen molar-refractivity contribution in [2.45, 2.75) is 25.9 Å². The van der Waals surface area contributed by atoms with Gasteiger partial charge in [0.05, 0.1) is 0 Å². The first kappa shape index (κ1) is 14.8. The maximum Gasteiger partial charge on any atom is 0.321 e. The van der Waals surface area contributed by atoms with Gasteiger partial charge in [0.25, 0.3) is 0 Å². The van der Waals surface area contributed by atoms with Gasteiger partial charge in [-0.2, -0.15) is 0 Å². The van der Waals surface area contributed by atoms with Crippen LogP contribution < -0.4 is 5.32 Å². The summed E-state index contributed by atoms with van der Waals surface area (Å²) in [7, 11) is 0. The second-order valence-electron chi connectivity index (χ2n) is 5.36. The molecule has 4 nitrogen and oxygen atoms in total. The Morgan fingerprint density at radius 1 is 1.36 bits per heavy atom. The van der Waals surface area contributed by atoms with Gasteiger partial charge < -0.3 is 10.1 Å². The summed E-state index contributed by atoms with van der Waals surface area (Å²) >= 11 is 1.65. The molecule has 1 aromatic carbocycles. The van der Waals surface area contributed by atoms with Crippen LogP contribution in [0.1, 0.15) is 16.0 Å². The molecule has 2 aromatic heterocycles. The Hall–Kier alpha value is -2.11. The third-order valence-corrected chi connectivity index (χ3v) is 4.90. The van der Waals surface area contributed by atoms with E-state index in [0.717, 1.165) is 16.5 Å². The lowest BCUT2D eigenvalue weighted by molar-refractivity contribution is -0.139. The lowest BCUT2D eigenvalue weighted by atomic mass is 10.0. The smallest absolute Gasteiger partial charge is 0.321 e. The van der Waals surface area contributed by atoms with E-state index in [1.54, 1.807) is 11.3 Å². The van der Waals surface area contributed by atoms with E-state index < -0.39 is 12.0 Å². The molecule has 114 valence electrons. The number of hydrogen-bond acceptors (Lipinski definition) is 3. The Kier molecular flexibility index (Phi) is 4.27. The minimum Gasteiger partial charge on any atom is -0.480 e. The Bertz CT molecular complexity index is 791. The third kappa shape index (κ3) is 3.05. The standard InChI is InChI=1S/C17H18N2O2S/c1-11-6-7-22-16(11)10-19-15(17(20)21)8-12-9-18-14-5-3-2-4-13(12)14/h2-7,9,15,18-19H,8,10H2,1H3,(H,20,21)/t15-/m0/s1. The fourth-order valence-corrected chi connectivity index (χ4v) is 3.43. The molecule has 0 aliphatic heterocycles. The summed E-state index contributed by atoms with van der Waals surface area (Å²) in [5.74, 6) is -0.820. The predicted molar refractivity (Wildman–Crippen MR) is 89.3 cm³/mol. The van der Waals surface area contributed by atoms with Crippen LogP contribution in [-0.4, -0.2) is 22.1 Å². The molecule has 0 saturated heterocycles. The lowest BCUT2D eigenvalue weighted by Crippen LogP contribution is -2.38. The fourth-order valence-electron chi connectivity index (χ4n) is 2.57. The summed E-state index contributed by atoms with van der Waals surface area (Å²) in [5.41, 5.74) is 3.27. The van der Waals surface area contributed by atoms with Gasteiger partial charge in [-0.05, 0) is 35.6 Å². The van der Waals surface area contributed by atoms with Crippen LogP contribution in [0.15, 0.2) is 41.9 Å². The number of carbonyl (C=O) groups is 1. The van der Waals surface area contributed by atoms with Crippen molar-refractivity contribution in [1.29, 1.82) is 0 Å². The van der Waals surface area contributed by atoms with Gasteiger partial charge in [-0.3, -0.25) is 10.1 Å². The van der Waals surface area contributed by atoms with Crippen molar-refractivity contribution in [3.05, 3.63) is 57.9 Å². The highest BCUT2D eigenvalue weighted by atomic mass is 32.1. The molecule has 2 heterocycles. The zero-order valence-corrected chi connectivity index (χ0v) is 13.1. The van der Waals surface area contributed by atoms with Gasteiger partial charge in [0.15, 0.2) is 0 Å². The molecular weight excluding hydrogens is 296 g/mol. The van der Waals surface area contributed by atoms with E-state index in [4.69, 9.17) is 0 Å². The van der Waals surface area contributed by atoms with Crippen LogP contribution in [0.4, 0.5) is 0 Å². The lowest BCUT2D eigenvalue weighted by Gasteiger charge is -2.14. The van der Waals surface area contributed by atoms with E-state index in [9.17, 15) is 9.90 Å². The molecule has 0 aliphatic rings. The number of aliphatic carboxylic acids is 1. The number of carboxylic acid groups (broad SMARTS) is 1. The zero-order valence-electron chi connectivity index (χ0n) is 12.3. The van der Waals surface area contributed by atoms with Crippen molar-refractivity contribution in [3.63, 3.8) is 0 Å². The van der Waals surface area contributed by atoms with Crippen molar-refractivity contribution in [2.24, 2.45) is 0 Å². The quantitative estimate of drug-likeness (QED) is 0.654. The van der Waals surface area contributed by atoms with Crippen molar-refractivity contribution < 1.29 is 9.90 Å². The van der Waals surface area contributed by atoms with Crippen LogP contribution in [-0.2, 0) is 17.8 Å². The summed E-state index contributed by atoms with van der Waals surface area (Å²) in [6.45, 7) is 2.63. The van der Waals surface area contributed by atoms with E-state index in [0.29, 0.717) is 13.0 Å². The van der Waals surface area contributed by atoms with Gasteiger partial charge in [-0.1, -0.05) is 18.2 Å². The van der Waals surface area contributed by atoms with E-state index in [1.165, 1.54) is 10.4 Å². The monoisotopic (exact) mass is 314 g/mol. The highest BCUT2D eigenvalue weighted by Gasteiger charge is 2.19. The number of hydrogen-bond donors (Lipinski definition) is 3. The molecule has 0 saturated carbocycles. The number of aryl methyl sites for hydroxylation is 1. The molecule has 0 unspecified atom stereocenters. The Morgan fingerprint density at radius 3 is 2.91 bits per heavy atom. The number of fused-ring (bicyclic) bond motifs is 1. The molecule has 0 radical (unpaired) electrons. The average Bonchev–Trinajstić information content (AvgIpc) is 3.10. The van der Waals surface area contributed by atoms with Crippen LogP contribution in [0.5, 0.6) is 0 Å². The molecule has 3 N–H and O–H groups in total. The molecule has 0 spiro atoms. The molecule has 0 aliphatic carbocycles. The predicted octanol–water partition coefficient (Wildman–Crippen LogP) is 3.32. The SMILES string of the molecule is Cc1ccsc1CN[C@@H](Cc1c[nH]c2ccccc12)C(=O)O. The molecule has 3 aromatic rings. The maximum atomic E-state index is 11.5. The molecule has 0 amide bonds. The summed E-state index contributed by atoms with van der Waals surface area (Å²) in [6.07, 6.45) is 2.36. The minimum absolute atomic E-state index is 0.462. The van der Waals surface area contributed by atoms with Crippen molar-refractivity contribution in [2.75, 3.05) is 0 Å². The molecule has 1 atom stereocenters. The molecule has 3 rings (SSSR count). The van der Waals surface area contributed by atoms with Gasteiger partial charge in [0.1, 0.15) is 6.04 Å². The van der Waals surface area contributed by atoms with E-state index >= 15 is 0 Å². The number of H-pyrrole nitrogens is 1. The zero-order chi connectivity index (χ0) is 15.5. The van der Waals surface area contributed by atoms with Crippen molar-refractivity contribution in [3.8, 4) is 0 Å². The van der Waals surface area contributed by atoms with Gasteiger partial charge >= 0.3 is 5.97 Å². The van der Waals surface area contributed by atoms with Gasteiger partial charge in [0.2, 0.25) is 0 Å². The first-order chi connectivity index (χ1) is 10.6. The Balaban J connectivity index is 1.74. The largest absolute Gasteiger partial charge is 0.480 e. The highest BCUT2D eigenvalue weighted by Crippen LogP contribution is 2.20. The Morgan fingerprint density at radius 2 is 2.18 bits per heavy atom. The minimum atomic E-state index is -0.820. The van der Waals surface area contributed by atoms with Gasteiger partial charge in [0, 0.05) is 34.9 Å². The van der Waals surface area contributed by atoms with Crippen molar-refractivity contribution >= 4 is 28.2 Å². The topological polar surface area (TPSA) is 65.1 Å². The van der Waals surface area contributed by atoms with Gasteiger partial charge in [-0.25, -0.2) is 0 Å². The second-order valence-corrected chi connectivity index (χ2v) is 6.36. The normalized spacial score (nSPS) is 12.6. The number of carboxylic acids is 1. The first-order valence-corrected chi connectivity index (χ1v) is 8.07. The van der Waals surface area contributed by atoms with Crippen LogP contribution in [0.3, 0.4) is 0 Å². The number of aromatic amines is 1. The summed E-state index contributed by atoms with van der Waals surface area (Å²) in [5, 5.41) is 15.8. The molecule has 0 fully saturated rings. The highest BCUT2D eigenvalue weighted by molar-refractivity contribution is 7.10. The summed E-state index contributed by atoms with van der Waals surface area (Å²) in [4.78, 5) is 15.9. The Labute approximate surface area is 132 Å². The number of aromatic nitrogens is 1. The number of thiophene rings is 1. The summed E-state index contributed by atoms with van der Waals surface area (Å²) in [6, 6.07) is 9.41. The maximum absolute atomic E-state index is 11.5. The molecule has 5 heteroatoms. The van der Waals surface area contributed by atoms with Gasteiger partial charge in [-0.15, -0.1) is 11.3 Å². The van der Waals surface area contributed by atoms with E-state index in [2.05, 4.69) is 16.4 Å². The van der Waals surface area contributed by atoms with Crippen LogP contribution in [0.2, 0.25) is 0 Å². The first-order valence-electron chi connectivity index (χ1n) is 7.19. The number of rotatable bonds is 6. The van der Waals surface area contributed by atoms with E-state index in [1.807, 2.05) is 42.8 Å². The van der Waals surface area contributed by atoms with Crippen molar-refractivity contribution in [1.82, 2.24) is 10.3 Å². The average molecular weight is 314 g/mol. The van der Waals surface area contributed by atoms with Crippen LogP contribution in [0, 0.1) is 6.92 Å².